The molecule has 198 valence electrons. The number of nitrogens with one attached hydrogen (secondary N) is 1. The van der Waals surface area contributed by atoms with Crippen LogP contribution in [-0.4, -0.2) is 89.6 Å². The van der Waals surface area contributed by atoms with Crippen LogP contribution in [0.3, 0.4) is 0 Å². The van der Waals surface area contributed by atoms with Gasteiger partial charge < -0.3 is 19.6 Å². The number of rotatable bonds is 6. The Labute approximate surface area is 227 Å². The molecule has 13 heteroatoms. The molecule has 3 aliphatic heterocycles. The summed E-state index contributed by atoms with van der Waals surface area (Å²) in [7, 11) is 1.37. The van der Waals surface area contributed by atoms with Crippen LogP contribution in [-0.2, 0) is 14.9 Å². The highest BCUT2D eigenvalue weighted by atomic mass is 35.5. The third-order valence-electron chi connectivity index (χ3n) is 7.01. The Morgan fingerprint density at radius 2 is 2.11 bits per heavy atom. The Morgan fingerprint density at radius 3 is 2.86 bits per heavy atom. The lowest BCUT2D eigenvalue weighted by Gasteiger charge is -2.35. The second kappa shape index (κ2) is 10.7. The number of fused-ring (bicyclic) bond motifs is 2. The van der Waals surface area contributed by atoms with Crippen molar-refractivity contribution in [2.45, 2.75) is 35.0 Å². The normalized spacial score (nSPS) is 20.8. The summed E-state index contributed by atoms with van der Waals surface area (Å²) in [6.45, 7) is 2.30. The summed E-state index contributed by atoms with van der Waals surface area (Å²) in [6, 6.07) is 5.21. The van der Waals surface area contributed by atoms with Gasteiger partial charge in [0.25, 0.3) is 0 Å². The molecule has 4 amide bonds. The monoisotopic (exact) mass is 565 g/mol. The number of nitrogens with zero attached hydrogens (tertiary/aromatic N) is 4. The molecule has 2 N–H and O–H groups in total. The van der Waals surface area contributed by atoms with Crippen molar-refractivity contribution in [3.63, 3.8) is 0 Å². The van der Waals surface area contributed by atoms with Gasteiger partial charge in [-0.1, -0.05) is 22.9 Å². The number of β-amino-alcohol motifs (C(OH)–C–C–N with tert-alkyl or cyclic N) is 1. The van der Waals surface area contributed by atoms with Crippen LogP contribution in [0.1, 0.15) is 24.8 Å². The Morgan fingerprint density at radius 1 is 1.30 bits per heavy atom. The van der Waals surface area contributed by atoms with E-state index in [4.69, 9.17) is 16.3 Å². The standard InChI is InChI=1S/C24H28ClN5O5S2/c1-35-23(34)28-7-6-24(13-28)14-30(18-5-4-15(25)9-17(18)24)22(33)27-21-26-10-20(37-21)36-8-2-3-19(32)29-11-16(31)12-29/h4-5,9-10,16,31H,2-3,6-8,11-14H2,1H3,(H,26,27,33). The number of halogens is 1. The van der Waals surface area contributed by atoms with Gasteiger partial charge in [-0.15, -0.1) is 11.8 Å². The number of amides is 4. The van der Waals surface area contributed by atoms with Gasteiger partial charge in [0, 0.05) is 55.3 Å². The van der Waals surface area contributed by atoms with Gasteiger partial charge in [-0.2, -0.15) is 0 Å². The maximum Gasteiger partial charge on any atom is 0.409 e. The molecule has 0 bridgehead atoms. The Hall–Kier alpha value is -2.54. The lowest BCUT2D eigenvalue weighted by Crippen LogP contribution is -2.53. The summed E-state index contributed by atoms with van der Waals surface area (Å²) in [5.74, 6) is 0.835. The number of aromatic nitrogens is 1. The molecular formula is C24H28ClN5O5S2. The second-order valence-electron chi connectivity index (χ2n) is 9.49. The fourth-order valence-corrected chi connectivity index (χ4v) is 7.14. The number of thioether (sulfide) groups is 1. The first kappa shape index (κ1) is 26.1. The summed E-state index contributed by atoms with van der Waals surface area (Å²) >= 11 is 9.29. The minimum Gasteiger partial charge on any atom is -0.453 e. The number of carbonyl (C=O) groups excluding carboxylic acids is 3. The molecule has 37 heavy (non-hydrogen) atoms. The minimum absolute atomic E-state index is 0.0741. The third kappa shape index (κ3) is 5.38. The fraction of sp³-hybridized carbons (Fsp3) is 0.500. The zero-order valence-corrected chi connectivity index (χ0v) is 22.7. The maximum atomic E-state index is 13.3. The molecule has 5 rings (SSSR count). The lowest BCUT2D eigenvalue weighted by atomic mass is 9.81. The van der Waals surface area contributed by atoms with Crippen molar-refractivity contribution in [3.05, 3.63) is 35.0 Å². The van der Waals surface area contributed by atoms with Crippen LogP contribution in [0.15, 0.2) is 28.6 Å². The molecular weight excluding hydrogens is 538 g/mol. The van der Waals surface area contributed by atoms with Gasteiger partial charge in [0.05, 0.1) is 23.6 Å². The van der Waals surface area contributed by atoms with Crippen molar-refractivity contribution in [3.8, 4) is 0 Å². The highest BCUT2D eigenvalue weighted by Crippen LogP contribution is 2.47. The number of thiazole rings is 1. The van der Waals surface area contributed by atoms with E-state index in [2.05, 4.69) is 10.3 Å². The summed E-state index contributed by atoms with van der Waals surface area (Å²) in [5, 5.41) is 13.3. The zero-order valence-electron chi connectivity index (χ0n) is 20.3. The van der Waals surface area contributed by atoms with Crippen molar-refractivity contribution < 1.29 is 24.2 Å². The van der Waals surface area contributed by atoms with Crippen LogP contribution < -0.4 is 10.2 Å². The quantitative estimate of drug-likeness (QED) is 0.406. The van der Waals surface area contributed by atoms with Gasteiger partial charge in [-0.25, -0.2) is 14.6 Å². The van der Waals surface area contributed by atoms with E-state index in [-0.39, 0.29) is 24.1 Å². The van der Waals surface area contributed by atoms with Gasteiger partial charge in [0.2, 0.25) is 5.91 Å². The van der Waals surface area contributed by atoms with E-state index in [9.17, 15) is 19.5 Å². The molecule has 2 aromatic rings. The summed E-state index contributed by atoms with van der Waals surface area (Å²) in [5.41, 5.74) is 1.33. The first-order chi connectivity index (χ1) is 17.8. The SMILES string of the molecule is COC(=O)N1CCC2(C1)CN(C(=O)Nc1ncc(SCCCC(=O)N3CC(O)C3)s1)c1ccc(Cl)cc12. The number of hydrogen-bond acceptors (Lipinski definition) is 8. The van der Waals surface area contributed by atoms with Gasteiger partial charge in [-0.05, 0) is 42.4 Å². The molecule has 0 saturated carbocycles. The number of carbonyl (C=O) groups is 3. The fourth-order valence-electron chi connectivity index (χ4n) is 5.08. The average Bonchev–Trinajstić information content (AvgIpc) is 3.58. The molecule has 3 aliphatic rings. The van der Waals surface area contributed by atoms with Gasteiger partial charge in [0.1, 0.15) is 0 Å². The maximum absolute atomic E-state index is 13.3. The van der Waals surface area contributed by atoms with Crippen LogP contribution >= 0.6 is 34.7 Å². The predicted octanol–water partition coefficient (Wildman–Crippen LogP) is 3.63. The van der Waals surface area contributed by atoms with Gasteiger partial charge in [0.15, 0.2) is 5.13 Å². The van der Waals surface area contributed by atoms with Gasteiger partial charge in [-0.3, -0.25) is 15.0 Å². The Kier molecular flexibility index (Phi) is 7.53. The third-order valence-corrected chi connectivity index (χ3v) is 9.43. The largest absolute Gasteiger partial charge is 0.453 e. The number of aliphatic hydroxyl groups excluding tert-OH is 1. The summed E-state index contributed by atoms with van der Waals surface area (Å²) in [6.07, 6.45) is 2.86. The molecule has 0 radical (unpaired) electrons. The molecule has 2 fully saturated rings. The molecule has 1 aromatic heterocycles. The number of methoxy groups -OCH3 is 1. The Bertz CT molecular complexity index is 1210. The number of ether oxygens (including phenoxy) is 1. The second-order valence-corrected chi connectivity index (χ2v) is 12.4. The number of urea groups is 1. The van der Waals surface area contributed by atoms with E-state index in [0.717, 1.165) is 27.6 Å². The van der Waals surface area contributed by atoms with E-state index < -0.39 is 5.41 Å². The molecule has 1 aromatic carbocycles. The van der Waals surface area contributed by atoms with Crippen LogP contribution in [0.25, 0.3) is 0 Å². The summed E-state index contributed by atoms with van der Waals surface area (Å²) in [4.78, 5) is 46.8. The lowest BCUT2D eigenvalue weighted by molar-refractivity contribution is -0.141. The molecule has 1 unspecified atom stereocenters. The smallest absolute Gasteiger partial charge is 0.409 e. The number of hydrogen-bond donors (Lipinski definition) is 2. The zero-order chi connectivity index (χ0) is 26.2. The van der Waals surface area contributed by atoms with Gasteiger partial charge >= 0.3 is 12.1 Å². The topological polar surface area (TPSA) is 115 Å². The number of aliphatic hydroxyl groups is 1. The van der Waals surface area contributed by atoms with Crippen LogP contribution in [0.5, 0.6) is 0 Å². The average molecular weight is 566 g/mol. The molecule has 4 heterocycles. The van der Waals surface area contributed by atoms with E-state index in [1.807, 2.05) is 12.1 Å². The number of anilines is 2. The number of likely N-dealkylation sites (tertiary alicyclic amines) is 2. The molecule has 0 aliphatic carbocycles. The van der Waals surface area contributed by atoms with Crippen molar-refractivity contribution in [1.82, 2.24) is 14.8 Å². The Balaban J connectivity index is 1.18. The van der Waals surface area contributed by atoms with Crippen molar-refractivity contribution >= 4 is 63.6 Å². The van der Waals surface area contributed by atoms with E-state index >= 15 is 0 Å². The van der Waals surface area contributed by atoms with Crippen LogP contribution in [0.4, 0.5) is 20.4 Å². The number of benzene rings is 1. The predicted molar refractivity (Wildman–Crippen MR) is 143 cm³/mol. The van der Waals surface area contributed by atoms with E-state index in [1.54, 1.807) is 38.7 Å². The highest BCUT2D eigenvalue weighted by molar-refractivity contribution is 8.01. The summed E-state index contributed by atoms with van der Waals surface area (Å²) < 4.78 is 5.86. The molecule has 1 atom stereocenters. The first-order valence-electron chi connectivity index (χ1n) is 12.0. The van der Waals surface area contributed by atoms with Crippen LogP contribution in [0.2, 0.25) is 5.02 Å². The first-order valence-corrected chi connectivity index (χ1v) is 14.2. The van der Waals surface area contributed by atoms with Crippen molar-refractivity contribution in [2.24, 2.45) is 0 Å². The molecule has 2 saturated heterocycles. The highest BCUT2D eigenvalue weighted by Gasteiger charge is 2.50. The molecule has 10 nitrogen and oxygen atoms in total. The van der Waals surface area contributed by atoms with E-state index in [1.165, 1.54) is 18.4 Å². The van der Waals surface area contributed by atoms with E-state index in [0.29, 0.717) is 55.7 Å². The van der Waals surface area contributed by atoms with Crippen LogP contribution in [0, 0.1) is 0 Å². The van der Waals surface area contributed by atoms with Crippen molar-refractivity contribution in [2.75, 3.05) is 55.8 Å². The molecule has 1 spiro atoms. The minimum atomic E-state index is -0.402. The van der Waals surface area contributed by atoms with Crippen molar-refractivity contribution in [1.29, 1.82) is 0 Å².